The maximum atomic E-state index is 14.3. The molecule has 12 heteroatoms. The monoisotopic (exact) mass is 564 g/mol. The summed E-state index contributed by atoms with van der Waals surface area (Å²) >= 11 is 1.29. The molecular weight excluding hydrogens is 540 g/mol. The number of nitrogens with two attached hydrogens (primary N) is 1. The van der Waals surface area contributed by atoms with Crippen molar-refractivity contribution in [3.8, 4) is 16.1 Å². The number of nitrogens with one attached hydrogen (secondary N) is 2. The fourth-order valence-corrected chi connectivity index (χ4v) is 5.71. The minimum Gasteiger partial charge on any atom is -0.381 e. The third kappa shape index (κ3) is 4.70. The number of carbonyl (C=O) groups excluding carboxylic acids is 2. The van der Waals surface area contributed by atoms with E-state index in [9.17, 15) is 14.4 Å². The van der Waals surface area contributed by atoms with Gasteiger partial charge in [0.2, 0.25) is 5.91 Å². The highest BCUT2D eigenvalue weighted by molar-refractivity contribution is 7.19. The van der Waals surface area contributed by atoms with Crippen molar-refractivity contribution in [1.82, 2.24) is 29.5 Å². The van der Waals surface area contributed by atoms with Gasteiger partial charge in [-0.25, -0.2) is 14.5 Å². The van der Waals surface area contributed by atoms with E-state index in [2.05, 4.69) is 25.7 Å². The number of aromatic nitrogens is 5. The first-order valence-electron chi connectivity index (χ1n) is 12.7. The lowest BCUT2D eigenvalue weighted by molar-refractivity contribution is -0.114. The van der Waals surface area contributed by atoms with E-state index < -0.39 is 11.9 Å². The van der Waals surface area contributed by atoms with Crippen molar-refractivity contribution in [2.75, 3.05) is 11.1 Å². The molecule has 4 heterocycles. The topological polar surface area (TPSA) is 149 Å². The Labute approximate surface area is 237 Å². The average molecular weight is 565 g/mol. The smallest absolute Gasteiger partial charge is 0.263 e. The van der Waals surface area contributed by atoms with E-state index in [4.69, 9.17) is 5.73 Å². The molecule has 6 rings (SSSR count). The predicted molar refractivity (Wildman–Crippen MR) is 158 cm³/mol. The first-order valence-corrected chi connectivity index (χ1v) is 13.5. The molecule has 0 aliphatic rings. The van der Waals surface area contributed by atoms with E-state index in [1.807, 2.05) is 54.6 Å². The molecule has 2 aromatic carbocycles. The summed E-state index contributed by atoms with van der Waals surface area (Å²) in [6, 6.07) is 17.8. The Morgan fingerprint density at radius 2 is 1.85 bits per heavy atom. The van der Waals surface area contributed by atoms with Crippen LogP contribution >= 0.6 is 11.3 Å². The zero-order chi connectivity index (χ0) is 28.7. The summed E-state index contributed by atoms with van der Waals surface area (Å²) in [4.78, 5) is 48.5. The number of benzene rings is 2. The molecule has 204 valence electrons. The van der Waals surface area contributed by atoms with Gasteiger partial charge in [0.15, 0.2) is 16.6 Å². The lowest BCUT2D eigenvalue weighted by atomic mass is 10.0. The van der Waals surface area contributed by atoms with Crippen LogP contribution in [0.4, 0.5) is 10.9 Å². The number of anilines is 2. The number of fused-ring (bicyclic) bond motifs is 2. The van der Waals surface area contributed by atoms with Crippen molar-refractivity contribution in [2.24, 2.45) is 0 Å². The van der Waals surface area contributed by atoms with Crippen LogP contribution in [-0.2, 0) is 4.79 Å². The molecular formula is C29H24N8O3S. The molecule has 0 spiro atoms. The fourth-order valence-electron chi connectivity index (χ4n) is 4.82. The molecule has 0 saturated heterocycles. The minimum atomic E-state index is -0.601. The van der Waals surface area contributed by atoms with Crippen molar-refractivity contribution < 1.29 is 9.59 Å². The molecule has 0 radical (unpaired) electrons. The Morgan fingerprint density at radius 1 is 1.05 bits per heavy atom. The highest BCUT2D eigenvalue weighted by atomic mass is 32.1. The van der Waals surface area contributed by atoms with Gasteiger partial charge in [0.25, 0.3) is 11.5 Å². The molecule has 0 saturated carbocycles. The average Bonchev–Trinajstić information content (AvgIpc) is 3.55. The fraction of sp³-hybridized carbons (Fsp3) is 0.103. The van der Waals surface area contributed by atoms with E-state index in [0.717, 1.165) is 4.88 Å². The quantitative estimate of drug-likeness (QED) is 0.275. The zero-order valence-corrected chi connectivity index (χ0v) is 22.8. The van der Waals surface area contributed by atoms with Crippen molar-refractivity contribution in [1.29, 1.82) is 0 Å². The van der Waals surface area contributed by atoms with Gasteiger partial charge in [0.1, 0.15) is 5.56 Å². The van der Waals surface area contributed by atoms with E-state index in [1.54, 1.807) is 36.1 Å². The van der Waals surface area contributed by atoms with Crippen LogP contribution in [0.2, 0.25) is 0 Å². The SMILES string of the molecule is CC(=O)Nc1ncc(-c2cccc3cc(C(C)NC(=O)c4c(N)nn5cccnc45)n(-c4ccccc4)c(=O)c23)s1. The van der Waals surface area contributed by atoms with Crippen molar-refractivity contribution in [2.45, 2.75) is 19.9 Å². The minimum absolute atomic E-state index is 0.0557. The van der Waals surface area contributed by atoms with Gasteiger partial charge in [-0.2, -0.15) is 0 Å². The molecule has 1 atom stereocenters. The van der Waals surface area contributed by atoms with Gasteiger partial charge >= 0.3 is 0 Å². The number of rotatable bonds is 6. The number of hydrogen-bond acceptors (Lipinski definition) is 8. The maximum Gasteiger partial charge on any atom is 0.263 e. The van der Waals surface area contributed by atoms with Gasteiger partial charge in [0.05, 0.1) is 16.3 Å². The van der Waals surface area contributed by atoms with Gasteiger partial charge < -0.3 is 16.4 Å². The first-order chi connectivity index (χ1) is 19.8. The molecule has 41 heavy (non-hydrogen) atoms. The van der Waals surface area contributed by atoms with E-state index in [0.29, 0.717) is 38.5 Å². The van der Waals surface area contributed by atoms with Gasteiger partial charge in [-0.15, -0.1) is 5.10 Å². The summed E-state index contributed by atoms with van der Waals surface area (Å²) in [7, 11) is 0. The van der Waals surface area contributed by atoms with E-state index in [1.165, 1.54) is 22.8 Å². The van der Waals surface area contributed by atoms with Crippen molar-refractivity contribution in [3.63, 3.8) is 0 Å². The summed E-state index contributed by atoms with van der Waals surface area (Å²) in [6.45, 7) is 3.22. The van der Waals surface area contributed by atoms with Crippen LogP contribution in [-0.4, -0.2) is 36.0 Å². The molecule has 0 aliphatic heterocycles. The number of pyridine rings is 1. The molecule has 4 N–H and O–H groups in total. The number of para-hydroxylation sites is 1. The predicted octanol–water partition coefficient (Wildman–Crippen LogP) is 4.19. The molecule has 1 unspecified atom stereocenters. The van der Waals surface area contributed by atoms with E-state index >= 15 is 0 Å². The van der Waals surface area contributed by atoms with Crippen molar-refractivity contribution in [3.05, 3.63) is 101 Å². The molecule has 2 amide bonds. The number of carbonyl (C=O) groups is 2. The van der Waals surface area contributed by atoms with Crippen LogP contribution in [0, 0.1) is 0 Å². The third-order valence-corrected chi connectivity index (χ3v) is 7.53. The first kappa shape index (κ1) is 25.9. The molecule has 0 bridgehead atoms. The highest BCUT2D eigenvalue weighted by Crippen LogP contribution is 2.34. The molecule has 0 aliphatic carbocycles. The number of hydrogen-bond donors (Lipinski definition) is 3. The normalized spacial score (nSPS) is 12.0. The Balaban J connectivity index is 1.48. The second-order valence-corrected chi connectivity index (χ2v) is 10.4. The second kappa shape index (κ2) is 10.3. The van der Waals surface area contributed by atoms with Crippen LogP contribution in [0.25, 0.3) is 32.5 Å². The van der Waals surface area contributed by atoms with Gasteiger partial charge in [-0.05, 0) is 36.6 Å². The highest BCUT2D eigenvalue weighted by Gasteiger charge is 2.24. The summed E-state index contributed by atoms with van der Waals surface area (Å²) in [5, 5.41) is 11.5. The molecule has 6 aromatic rings. The van der Waals surface area contributed by atoms with Gasteiger partial charge in [-0.3, -0.25) is 19.0 Å². The van der Waals surface area contributed by atoms with Crippen molar-refractivity contribution >= 4 is 50.5 Å². The Morgan fingerprint density at radius 3 is 2.63 bits per heavy atom. The largest absolute Gasteiger partial charge is 0.381 e. The van der Waals surface area contributed by atoms with Crippen LogP contribution in [0.3, 0.4) is 0 Å². The lowest BCUT2D eigenvalue weighted by Crippen LogP contribution is -2.32. The van der Waals surface area contributed by atoms with Crippen LogP contribution in [0.5, 0.6) is 0 Å². The molecule has 4 aromatic heterocycles. The molecule has 11 nitrogen and oxygen atoms in total. The zero-order valence-electron chi connectivity index (χ0n) is 22.0. The summed E-state index contributed by atoms with van der Waals surface area (Å²) in [6.07, 6.45) is 4.87. The number of amides is 2. The number of thiazole rings is 1. The van der Waals surface area contributed by atoms with E-state index in [-0.39, 0.29) is 22.8 Å². The van der Waals surface area contributed by atoms with Crippen LogP contribution < -0.4 is 21.9 Å². The third-order valence-electron chi connectivity index (χ3n) is 6.58. The lowest BCUT2D eigenvalue weighted by Gasteiger charge is -2.21. The Kier molecular flexibility index (Phi) is 6.52. The standard InChI is InChI=1S/C29H24N8O3S/c1-16(33-27(39)24-25(30)35-36-13-7-12-31-26(24)36)21-14-18-8-6-11-20(22-15-32-29(41-22)34-17(2)38)23(18)28(40)37(21)19-9-4-3-5-10-19/h3-16H,1-2H3,(H2,30,35)(H,33,39)(H,32,34,38). The summed E-state index contributed by atoms with van der Waals surface area (Å²) < 4.78 is 3.05. The number of nitrogen functional groups attached to an aromatic ring is 1. The summed E-state index contributed by atoms with van der Waals surface area (Å²) in [5.74, 6) is -0.627. The Bertz CT molecular complexity index is 2010. The number of nitrogens with zero attached hydrogens (tertiary/aromatic N) is 5. The summed E-state index contributed by atoms with van der Waals surface area (Å²) in [5.41, 5.74) is 8.22. The van der Waals surface area contributed by atoms with Crippen LogP contribution in [0.15, 0.2) is 84.0 Å². The van der Waals surface area contributed by atoms with Gasteiger partial charge in [-0.1, -0.05) is 47.7 Å². The molecule has 0 fully saturated rings. The van der Waals surface area contributed by atoms with Gasteiger partial charge in [0, 0.05) is 42.5 Å². The maximum absolute atomic E-state index is 14.3. The second-order valence-electron chi connectivity index (χ2n) is 9.37. The van der Waals surface area contributed by atoms with Crippen LogP contribution in [0.1, 0.15) is 35.9 Å². The Hall–Kier alpha value is -5.36.